The summed E-state index contributed by atoms with van der Waals surface area (Å²) in [6, 6.07) is -0.0831. The van der Waals surface area contributed by atoms with Crippen LogP contribution in [0.3, 0.4) is 0 Å². The molecule has 2 N–H and O–H groups in total. The van der Waals surface area contributed by atoms with Gasteiger partial charge >= 0.3 is 0 Å². The van der Waals surface area contributed by atoms with Gasteiger partial charge < -0.3 is 10.2 Å². The first-order chi connectivity index (χ1) is 7.11. The average molecular weight is 237 g/mol. The maximum absolute atomic E-state index is 11.8. The minimum atomic E-state index is -3.33. The van der Waals surface area contributed by atoms with Gasteiger partial charge in [-0.05, 0) is 19.3 Å². The molecular formula is C9H19NO4S. The molecule has 0 radical (unpaired) electrons. The molecule has 1 unspecified atom stereocenters. The van der Waals surface area contributed by atoms with Gasteiger partial charge in [-0.15, -0.1) is 0 Å². The molecule has 6 heteroatoms. The fourth-order valence-corrected chi connectivity index (χ4v) is 3.55. The van der Waals surface area contributed by atoms with Crippen LogP contribution in [-0.2, 0) is 10.0 Å². The molecule has 1 atom stereocenters. The van der Waals surface area contributed by atoms with Crippen LogP contribution in [0.25, 0.3) is 0 Å². The molecule has 0 spiro atoms. The van der Waals surface area contributed by atoms with Crippen LogP contribution in [0.2, 0.25) is 0 Å². The third kappa shape index (κ3) is 3.41. The van der Waals surface area contributed by atoms with Gasteiger partial charge in [0, 0.05) is 19.2 Å². The summed E-state index contributed by atoms with van der Waals surface area (Å²) in [6.07, 6.45) is 3.18. The van der Waals surface area contributed by atoms with E-state index in [1.165, 1.54) is 4.31 Å². The van der Waals surface area contributed by atoms with Crippen LogP contribution in [0.15, 0.2) is 0 Å². The molecule has 90 valence electrons. The second-order valence-electron chi connectivity index (χ2n) is 3.81. The Balaban J connectivity index is 2.70. The van der Waals surface area contributed by atoms with Crippen molar-refractivity contribution in [2.24, 2.45) is 0 Å². The fraction of sp³-hybridized carbons (Fsp3) is 1.00. The Bertz CT molecular complexity index is 276. The molecule has 1 aliphatic heterocycles. The predicted octanol–water partition coefficient (Wildman–Crippen LogP) is -0.455. The summed E-state index contributed by atoms with van der Waals surface area (Å²) in [5.41, 5.74) is 0. The zero-order chi connectivity index (χ0) is 11.3. The van der Waals surface area contributed by atoms with Gasteiger partial charge in [-0.3, -0.25) is 0 Å². The number of aliphatic hydroxyl groups is 2. The Hall–Kier alpha value is -0.170. The van der Waals surface area contributed by atoms with Crippen LogP contribution in [0.1, 0.15) is 25.7 Å². The van der Waals surface area contributed by atoms with E-state index < -0.39 is 10.0 Å². The van der Waals surface area contributed by atoms with Crippen molar-refractivity contribution >= 4 is 10.0 Å². The smallest absolute Gasteiger partial charge is 0.216 e. The van der Waals surface area contributed by atoms with Gasteiger partial charge in [0.2, 0.25) is 10.0 Å². The second kappa shape index (κ2) is 5.79. The van der Waals surface area contributed by atoms with Crippen molar-refractivity contribution in [1.29, 1.82) is 0 Å². The Morgan fingerprint density at radius 3 is 2.53 bits per heavy atom. The van der Waals surface area contributed by atoms with Gasteiger partial charge in [-0.25, -0.2) is 8.42 Å². The normalized spacial score (nSPS) is 24.3. The van der Waals surface area contributed by atoms with E-state index in [2.05, 4.69) is 0 Å². The molecule has 1 fully saturated rings. The number of rotatable bonds is 5. The zero-order valence-electron chi connectivity index (χ0n) is 8.80. The van der Waals surface area contributed by atoms with Crippen LogP contribution >= 0.6 is 0 Å². The van der Waals surface area contributed by atoms with Gasteiger partial charge in [-0.2, -0.15) is 4.31 Å². The number of sulfonamides is 1. The van der Waals surface area contributed by atoms with Crippen molar-refractivity contribution < 1.29 is 18.6 Å². The van der Waals surface area contributed by atoms with E-state index in [0.717, 1.165) is 19.3 Å². The lowest BCUT2D eigenvalue weighted by Crippen LogP contribution is -2.45. The van der Waals surface area contributed by atoms with Gasteiger partial charge in [-0.1, -0.05) is 6.42 Å². The number of hydrogen-bond donors (Lipinski definition) is 2. The highest BCUT2D eigenvalue weighted by Gasteiger charge is 2.31. The van der Waals surface area contributed by atoms with Crippen LogP contribution in [-0.4, -0.2) is 54.5 Å². The van der Waals surface area contributed by atoms with Gasteiger partial charge in [0.05, 0.1) is 12.4 Å². The number of piperidine rings is 1. The Kier molecular flexibility index (Phi) is 4.98. The summed E-state index contributed by atoms with van der Waals surface area (Å²) < 4.78 is 25.0. The van der Waals surface area contributed by atoms with E-state index in [4.69, 9.17) is 10.2 Å². The minimum absolute atomic E-state index is 0.00973. The van der Waals surface area contributed by atoms with Crippen molar-refractivity contribution in [2.45, 2.75) is 31.7 Å². The molecule has 0 saturated carbocycles. The molecule has 1 saturated heterocycles. The molecule has 1 heterocycles. The summed E-state index contributed by atoms with van der Waals surface area (Å²) in [5, 5.41) is 17.6. The van der Waals surface area contributed by atoms with Crippen molar-refractivity contribution in [3.63, 3.8) is 0 Å². The molecular weight excluding hydrogens is 218 g/mol. The first-order valence-corrected chi connectivity index (χ1v) is 6.94. The molecule has 15 heavy (non-hydrogen) atoms. The Labute approximate surface area is 90.8 Å². The second-order valence-corrected chi connectivity index (χ2v) is 5.85. The fourth-order valence-electron chi connectivity index (χ4n) is 2.01. The quantitative estimate of drug-likeness (QED) is 0.678. The molecule has 1 rings (SSSR count). The number of hydrogen-bond acceptors (Lipinski definition) is 4. The van der Waals surface area contributed by atoms with E-state index >= 15 is 0 Å². The maximum atomic E-state index is 11.8. The highest BCUT2D eigenvalue weighted by molar-refractivity contribution is 7.89. The molecule has 5 nitrogen and oxygen atoms in total. The van der Waals surface area contributed by atoms with Crippen LogP contribution in [0.4, 0.5) is 0 Å². The molecule has 1 aliphatic rings. The molecule has 0 aliphatic carbocycles. The van der Waals surface area contributed by atoms with Crippen molar-refractivity contribution in [3.8, 4) is 0 Å². The largest absolute Gasteiger partial charge is 0.396 e. The van der Waals surface area contributed by atoms with Crippen LogP contribution < -0.4 is 0 Å². The standard InChI is InChI=1S/C9H19NO4S/c11-6-4-9-3-1-2-5-10(9)15(13,14)8-7-12/h9,11-12H,1-8H2. The molecule has 0 aromatic carbocycles. The van der Waals surface area contributed by atoms with Gasteiger partial charge in [0.15, 0.2) is 0 Å². The zero-order valence-corrected chi connectivity index (χ0v) is 9.62. The van der Waals surface area contributed by atoms with Crippen LogP contribution in [0, 0.1) is 0 Å². The SMILES string of the molecule is O=S(=O)(CCO)N1CCCCC1CCO. The average Bonchev–Trinajstić information content (AvgIpc) is 2.19. The van der Waals surface area contributed by atoms with Crippen molar-refractivity contribution in [3.05, 3.63) is 0 Å². The van der Waals surface area contributed by atoms with Crippen molar-refractivity contribution in [2.75, 3.05) is 25.5 Å². The lowest BCUT2D eigenvalue weighted by molar-refractivity contribution is 0.191. The van der Waals surface area contributed by atoms with E-state index in [9.17, 15) is 8.42 Å². The predicted molar refractivity (Wildman–Crippen MR) is 56.9 cm³/mol. The van der Waals surface area contributed by atoms with Crippen molar-refractivity contribution in [1.82, 2.24) is 4.31 Å². The first-order valence-electron chi connectivity index (χ1n) is 5.33. The topological polar surface area (TPSA) is 77.8 Å². The molecule has 0 aromatic rings. The minimum Gasteiger partial charge on any atom is -0.396 e. The van der Waals surface area contributed by atoms with E-state index in [0.29, 0.717) is 13.0 Å². The highest BCUT2D eigenvalue weighted by Crippen LogP contribution is 2.22. The molecule has 0 bridgehead atoms. The third-order valence-electron chi connectivity index (χ3n) is 2.74. The van der Waals surface area contributed by atoms with E-state index in [1.54, 1.807) is 0 Å². The maximum Gasteiger partial charge on any atom is 0.216 e. The lowest BCUT2D eigenvalue weighted by Gasteiger charge is -2.34. The number of nitrogens with zero attached hydrogens (tertiary/aromatic N) is 1. The summed E-state index contributed by atoms with van der Waals surface area (Å²) in [5.74, 6) is -0.213. The Morgan fingerprint density at radius 1 is 1.20 bits per heavy atom. The van der Waals surface area contributed by atoms with Crippen LogP contribution in [0.5, 0.6) is 0 Å². The summed E-state index contributed by atoms with van der Waals surface area (Å²) >= 11 is 0. The monoisotopic (exact) mass is 237 g/mol. The third-order valence-corrected chi connectivity index (χ3v) is 4.64. The lowest BCUT2D eigenvalue weighted by atomic mass is 10.0. The summed E-state index contributed by atoms with van der Waals surface area (Å²) in [7, 11) is -3.33. The molecule has 0 aromatic heterocycles. The van der Waals surface area contributed by atoms with Gasteiger partial charge in [0.25, 0.3) is 0 Å². The first kappa shape index (κ1) is 12.9. The Morgan fingerprint density at radius 2 is 1.93 bits per heavy atom. The summed E-state index contributed by atoms with van der Waals surface area (Å²) in [4.78, 5) is 0. The van der Waals surface area contributed by atoms with E-state index in [-0.39, 0.29) is 25.0 Å². The van der Waals surface area contributed by atoms with E-state index in [1.807, 2.05) is 0 Å². The molecule has 0 amide bonds. The van der Waals surface area contributed by atoms with Gasteiger partial charge in [0.1, 0.15) is 0 Å². The summed E-state index contributed by atoms with van der Waals surface area (Å²) in [6.45, 7) is 0.188. The number of aliphatic hydroxyl groups excluding tert-OH is 2. The highest BCUT2D eigenvalue weighted by atomic mass is 32.2.